The average Bonchev–Trinajstić information content (AvgIpc) is 3.19. The molecule has 0 heterocycles. The van der Waals surface area contributed by atoms with Crippen molar-refractivity contribution < 1.29 is 4.79 Å². The second-order valence-electron chi connectivity index (χ2n) is 6.85. The van der Waals surface area contributed by atoms with E-state index < -0.39 is 0 Å². The van der Waals surface area contributed by atoms with Gasteiger partial charge in [0.1, 0.15) is 0 Å². The third-order valence-corrected chi connectivity index (χ3v) is 5.48. The fourth-order valence-corrected chi connectivity index (χ4v) is 4.06. The van der Waals surface area contributed by atoms with Gasteiger partial charge in [0.2, 0.25) is 5.91 Å². The number of halogens is 1. The fraction of sp³-hybridized carbons (Fsp3) is 0.350. The number of benzene rings is 2. The molecule has 2 aromatic carbocycles. The molecule has 2 aliphatic carbocycles. The zero-order valence-corrected chi connectivity index (χ0v) is 14.5. The van der Waals surface area contributed by atoms with E-state index in [1.165, 1.54) is 22.3 Å². The Labute approximate surface area is 149 Å². The van der Waals surface area contributed by atoms with Crippen molar-refractivity contribution in [3.8, 4) is 11.1 Å². The lowest BCUT2D eigenvalue weighted by atomic mass is 9.85. The molecule has 24 heavy (non-hydrogen) atoms. The molecular formula is C20H23ClN2O. The molecular weight excluding hydrogens is 320 g/mol. The van der Waals surface area contributed by atoms with E-state index in [4.69, 9.17) is 5.73 Å². The molecule has 1 amide bonds. The lowest BCUT2D eigenvalue weighted by molar-refractivity contribution is -0.124. The predicted octanol–water partition coefficient (Wildman–Crippen LogP) is 4.14. The highest BCUT2D eigenvalue weighted by molar-refractivity contribution is 5.96. The minimum atomic E-state index is -0.359. The summed E-state index contributed by atoms with van der Waals surface area (Å²) in [4.78, 5) is 12.7. The number of fused-ring (bicyclic) bond motifs is 3. The Bertz CT molecular complexity index is 766. The van der Waals surface area contributed by atoms with Gasteiger partial charge in [0.05, 0.1) is 5.41 Å². The molecule has 3 nitrogen and oxygen atoms in total. The number of hydrogen-bond acceptors (Lipinski definition) is 2. The molecule has 4 rings (SSSR count). The number of rotatable bonds is 3. The van der Waals surface area contributed by atoms with Crippen LogP contribution < -0.4 is 11.1 Å². The van der Waals surface area contributed by atoms with E-state index in [1.54, 1.807) is 0 Å². The number of nitrogens with one attached hydrogen (secondary N) is 1. The number of amides is 1. The van der Waals surface area contributed by atoms with E-state index in [9.17, 15) is 4.79 Å². The number of hydrogen-bond donors (Lipinski definition) is 2. The first kappa shape index (κ1) is 17.0. The first-order valence-electron chi connectivity index (χ1n) is 8.45. The molecule has 0 spiro atoms. The number of carbonyl (C=O) groups is 1. The summed E-state index contributed by atoms with van der Waals surface area (Å²) >= 11 is 0. The molecule has 0 bridgehead atoms. The van der Waals surface area contributed by atoms with Gasteiger partial charge in [0.15, 0.2) is 0 Å². The molecule has 0 saturated heterocycles. The Hall–Kier alpha value is -1.84. The zero-order chi connectivity index (χ0) is 15.9. The summed E-state index contributed by atoms with van der Waals surface area (Å²) in [6.07, 6.45) is 4.96. The van der Waals surface area contributed by atoms with Gasteiger partial charge >= 0.3 is 0 Å². The van der Waals surface area contributed by atoms with Gasteiger partial charge < -0.3 is 11.1 Å². The highest BCUT2D eigenvalue weighted by Crippen LogP contribution is 2.40. The van der Waals surface area contributed by atoms with Gasteiger partial charge in [0.25, 0.3) is 0 Å². The quantitative estimate of drug-likeness (QED) is 0.751. The van der Waals surface area contributed by atoms with E-state index in [2.05, 4.69) is 41.7 Å². The Kier molecular flexibility index (Phi) is 4.66. The first-order chi connectivity index (χ1) is 11.2. The van der Waals surface area contributed by atoms with Crippen LogP contribution in [0.25, 0.3) is 11.1 Å². The molecule has 126 valence electrons. The molecule has 0 aliphatic heterocycles. The van der Waals surface area contributed by atoms with Crippen LogP contribution in [-0.4, -0.2) is 12.5 Å². The van der Waals surface area contributed by atoms with Crippen LogP contribution in [0.3, 0.4) is 0 Å². The first-order valence-corrected chi connectivity index (χ1v) is 8.45. The molecule has 3 N–H and O–H groups in total. The highest BCUT2D eigenvalue weighted by atomic mass is 35.5. The Balaban J connectivity index is 0.00000169. The maximum Gasteiger partial charge on any atom is 0.231 e. The van der Waals surface area contributed by atoms with E-state index >= 15 is 0 Å². The van der Waals surface area contributed by atoms with Crippen LogP contribution in [-0.2, 0) is 11.2 Å². The maximum absolute atomic E-state index is 12.7. The standard InChI is InChI=1S/C20H22N2O.ClH/c21-13-20(9-3-4-10-20)19(23)22-16-7-8-18-15(12-16)11-14-5-1-2-6-17(14)18;/h1-2,5-8,12H,3-4,9-11,13,21H2,(H,22,23);1H. The molecule has 2 aliphatic rings. The van der Waals surface area contributed by atoms with Crippen molar-refractivity contribution in [2.24, 2.45) is 11.1 Å². The van der Waals surface area contributed by atoms with Crippen LogP contribution in [0.4, 0.5) is 5.69 Å². The molecule has 0 unspecified atom stereocenters. The van der Waals surface area contributed by atoms with Crippen LogP contribution in [0.1, 0.15) is 36.8 Å². The molecule has 4 heteroatoms. The fourth-order valence-electron chi connectivity index (χ4n) is 4.06. The largest absolute Gasteiger partial charge is 0.329 e. The molecule has 0 atom stereocenters. The number of nitrogens with two attached hydrogens (primary N) is 1. The van der Waals surface area contributed by atoms with Crippen molar-refractivity contribution in [1.82, 2.24) is 0 Å². The average molecular weight is 343 g/mol. The SMILES string of the molecule is Cl.NCC1(C(=O)Nc2ccc3c(c2)Cc2ccccc2-3)CCCC1. The predicted molar refractivity (Wildman–Crippen MR) is 101 cm³/mol. The summed E-state index contributed by atoms with van der Waals surface area (Å²) in [7, 11) is 0. The monoisotopic (exact) mass is 342 g/mol. The van der Waals surface area contributed by atoms with Gasteiger partial charge in [-0.1, -0.05) is 43.2 Å². The summed E-state index contributed by atoms with van der Waals surface area (Å²) in [5, 5.41) is 3.11. The second-order valence-corrected chi connectivity index (χ2v) is 6.85. The minimum Gasteiger partial charge on any atom is -0.329 e. The topological polar surface area (TPSA) is 55.1 Å². The third-order valence-electron chi connectivity index (χ3n) is 5.48. The smallest absolute Gasteiger partial charge is 0.231 e. The summed E-state index contributed by atoms with van der Waals surface area (Å²) < 4.78 is 0. The van der Waals surface area contributed by atoms with Crippen molar-refractivity contribution in [1.29, 1.82) is 0 Å². The summed E-state index contributed by atoms with van der Waals surface area (Å²) in [6.45, 7) is 0.440. The van der Waals surface area contributed by atoms with Crippen LogP contribution in [0.2, 0.25) is 0 Å². The molecule has 1 saturated carbocycles. The van der Waals surface area contributed by atoms with Crippen molar-refractivity contribution in [2.45, 2.75) is 32.1 Å². The number of anilines is 1. The Morgan fingerprint density at radius 3 is 2.50 bits per heavy atom. The molecule has 2 aromatic rings. The van der Waals surface area contributed by atoms with Gasteiger partial charge in [-0.3, -0.25) is 4.79 Å². The molecule has 1 fully saturated rings. The summed E-state index contributed by atoms with van der Waals surface area (Å²) in [6, 6.07) is 14.8. The van der Waals surface area contributed by atoms with Crippen LogP contribution in [0.15, 0.2) is 42.5 Å². The zero-order valence-electron chi connectivity index (χ0n) is 13.7. The molecule has 0 aromatic heterocycles. The van der Waals surface area contributed by atoms with Crippen LogP contribution >= 0.6 is 12.4 Å². The van der Waals surface area contributed by atoms with Crippen molar-refractivity contribution in [3.05, 3.63) is 53.6 Å². The third kappa shape index (κ3) is 2.72. The van der Waals surface area contributed by atoms with Gasteiger partial charge in [-0.25, -0.2) is 0 Å². The maximum atomic E-state index is 12.7. The van der Waals surface area contributed by atoms with E-state index in [0.717, 1.165) is 37.8 Å². The number of carbonyl (C=O) groups excluding carboxylic acids is 1. The van der Waals surface area contributed by atoms with Crippen molar-refractivity contribution in [3.63, 3.8) is 0 Å². The lowest BCUT2D eigenvalue weighted by Gasteiger charge is -2.25. The van der Waals surface area contributed by atoms with Crippen molar-refractivity contribution >= 4 is 24.0 Å². The summed E-state index contributed by atoms with van der Waals surface area (Å²) in [5.74, 6) is 0.0907. The van der Waals surface area contributed by atoms with Crippen molar-refractivity contribution in [2.75, 3.05) is 11.9 Å². The molecule has 0 radical (unpaired) electrons. The minimum absolute atomic E-state index is 0. The normalized spacial score (nSPS) is 16.9. The van der Waals surface area contributed by atoms with E-state index in [-0.39, 0.29) is 23.7 Å². The van der Waals surface area contributed by atoms with Gasteiger partial charge in [0, 0.05) is 12.2 Å². The lowest BCUT2D eigenvalue weighted by Crippen LogP contribution is -2.40. The van der Waals surface area contributed by atoms with Crippen LogP contribution in [0, 0.1) is 5.41 Å². The summed E-state index contributed by atoms with van der Waals surface area (Å²) in [5.41, 5.74) is 11.7. The van der Waals surface area contributed by atoms with E-state index in [1.807, 2.05) is 6.07 Å². The van der Waals surface area contributed by atoms with Crippen LogP contribution in [0.5, 0.6) is 0 Å². The highest BCUT2D eigenvalue weighted by Gasteiger charge is 2.39. The second kappa shape index (κ2) is 6.58. The van der Waals surface area contributed by atoms with E-state index in [0.29, 0.717) is 6.54 Å². The van der Waals surface area contributed by atoms with Gasteiger partial charge in [-0.05, 0) is 53.6 Å². The Morgan fingerprint density at radius 2 is 1.75 bits per heavy atom. The Morgan fingerprint density at radius 1 is 1.04 bits per heavy atom. The van der Waals surface area contributed by atoms with Gasteiger partial charge in [-0.2, -0.15) is 0 Å². The van der Waals surface area contributed by atoms with Gasteiger partial charge in [-0.15, -0.1) is 12.4 Å².